The lowest BCUT2D eigenvalue weighted by Crippen LogP contribution is -2.26. The van der Waals surface area contributed by atoms with Crippen molar-refractivity contribution < 1.29 is 27.2 Å². The Labute approximate surface area is 182 Å². The van der Waals surface area contributed by atoms with Crippen LogP contribution in [0.15, 0.2) is 33.5 Å². The number of aryl methyl sites for hydroxylation is 1. The van der Waals surface area contributed by atoms with Crippen LogP contribution in [-0.2, 0) is 30.6 Å². The molecule has 0 fully saturated rings. The molecule has 0 atom stereocenters. The number of alkyl halides is 3. The molecule has 0 saturated carbocycles. The third-order valence-electron chi connectivity index (χ3n) is 4.27. The molecule has 3 aromatic rings. The Balaban J connectivity index is 1.74. The van der Waals surface area contributed by atoms with Gasteiger partial charge >= 0.3 is 6.18 Å². The fraction of sp³-hybridized carbons (Fsp3) is 0.333. The second kappa shape index (κ2) is 8.96. The number of amides is 2. The largest absolute Gasteiger partial charge is 0.467 e. The van der Waals surface area contributed by atoms with E-state index < -0.39 is 30.2 Å². The SMILES string of the molecule is CCn1cc(NC(=O)Cn2nc(C(F)(F)F)c(Br)c2C)c(C(=O)NCc2ccco2)n1. The van der Waals surface area contributed by atoms with E-state index in [1.165, 1.54) is 24.1 Å². The highest BCUT2D eigenvalue weighted by molar-refractivity contribution is 9.10. The number of rotatable bonds is 7. The first-order valence-corrected chi connectivity index (χ1v) is 9.87. The number of anilines is 1. The fourth-order valence-electron chi connectivity index (χ4n) is 2.69. The van der Waals surface area contributed by atoms with Gasteiger partial charge in [-0.1, -0.05) is 0 Å². The molecule has 0 bridgehead atoms. The molecule has 3 rings (SSSR count). The van der Waals surface area contributed by atoms with Crippen molar-refractivity contribution in [3.05, 3.63) is 51.9 Å². The summed E-state index contributed by atoms with van der Waals surface area (Å²) in [5, 5.41) is 12.8. The second-order valence-electron chi connectivity index (χ2n) is 6.46. The predicted octanol–water partition coefficient (Wildman–Crippen LogP) is 3.35. The van der Waals surface area contributed by atoms with E-state index in [2.05, 4.69) is 36.8 Å². The number of nitrogens with zero attached hydrogens (tertiary/aromatic N) is 4. The van der Waals surface area contributed by atoms with Gasteiger partial charge in [0.15, 0.2) is 11.4 Å². The van der Waals surface area contributed by atoms with Gasteiger partial charge in [0.05, 0.1) is 28.7 Å². The molecule has 0 spiro atoms. The summed E-state index contributed by atoms with van der Waals surface area (Å²) in [6, 6.07) is 3.37. The first-order chi connectivity index (χ1) is 14.6. The van der Waals surface area contributed by atoms with E-state index in [0.29, 0.717) is 12.3 Å². The maximum absolute atomic E-state index is 13.0. The smallest absolute Gasteiger partial charge is 0.436 e. The van der Waals surface area contributed by atoms with Crippen LogP contribution < -0.4 is 10.6 Å². The zero-order valence-corrected chi connectivity index (χ0v) is 18.0. The van der Waals surface area contributed by atoms with Crippen molar-refractivity contribution in [1.82, 2.24) is 24.9 Å². The van der Waals surface area contributed by atoms with Gasteiger partial charge in [-0.05, 0) is 41.9 Å². The van der Waals surface area contributed by atoms with Crippen molar-refractivity contribution in [2.75, 3.05) is 5.32 Å². The molecule has 0 aromatic carbocycles. The minimum absolute atomic E-state index is 0.0314. The normalized spacial score (nSPS) is 11.5. The Bertz CT molecular complexity index is 1090. The summed E-state index contributed by atoms with van der Waals surface area (Å²) in [5.74, 6) is -0.673. The number of aromatic nitrogens is 4. The molecule has 0 unspecified atom stereocenters. The zero-order valence-electron chi connectivity index (χ0n) is 16.5. The molecular formula is C18H18BrF3N6O3. The summed E-state index contributed by atoms with van der Waals surface area (Å²) in [6.07, 6.45) is -1.72. The Morgan fingerprint density at radius 3 is 2.61 bits per heavy atom. The van der Waals surface area contributed by atoms with Gasteiger partial charge < -0.3 is 15.1 Å². The van der Waals surface area contributed by atoms with Crippen molar-refractivity contribution in [1.29, 1.82) is 0 Å². The molecule has 2 amide bonds. The van der Waals surface area contributed by atoms with Gasteiger partial charge in [0.1, 0.15) is 12.3 Å². The fourth-order valence-corrected chi connectivity index (χ4v) is 3.20. The van der Waals surface area contributed by atoms with Crippen LogP contribution in [-0.4, -0.2) is 31.4 Å². The van der Waals surface area contributed by atoms with Crippen molar-refractivity contribution in [3.63, 3.8) is 0 Å². The first kappa shape index (κ1) is 22.6. The standard InChI is InChI=1S/C18H18BrF3N6O3/c1-3-27-8-12(15(25-27)17(30)23-7-11-5-4-6-31-11)24-13(29)9-28-10(2)14(19)16(26-28)18(20,21)22/h4-6,8H,3,7,9H2,1-2H3,(H,23,30)(H,24,29). The number of furan rings is 1. The molecule has 13 heteroatoms. The van der Waals surface area contributed by atoms with Gasteiger partial charge in [0, 0.05) is 12.7 Å². The van der Waals surface area contributed by atoms with Crippen LogP contribution >= 0.6 is 15.9 Å². The van der Waals surface area contributed by atoms with Crippen LogP contribution in [0.4, 0.5) is 18.9 Å². The summed E-state index contributed by atoms with van der Waals surface area (Å²) in [7, 11) is 0. The van der Waals surface area contributed by atoms with Crippen molar-refractivity contribution in [2.45, 2.75) is 39.7 Å². The van der Waals surface area contributed by atoms with Crippen LogP contribution in [0.5, 0.6) is 0 Å². The molecule has 2 N–H and O–H groups in total. The summed E-state index contributed by atoms with van der Waals surface area (Å²) in [4.78, 5) is 25.0. The monoisotopic (exact) mass is 502 g/mol. The maximum Gasteiger partial charge on any atom is 0.436 e. The maximum atomic E-state index is 13.0. The van der Waals surface area contributed by atoms with Gasteiger partial charge in [0.25, 0.3) is 5.91 Å². The van der Waals surface area contributed by atoms with E-state index in [1.807, 2.05) is 0 Å². The van der Waals surface area contributed by atoms with Crippen molar-refractivity contribution >= 4 is 33.4 Å². The lowest BCUT2D eigenvalue weighted by atomic mass is 10.3. The molecule has 166 valence electrons. The quantitative estimate of drug-likeness (QED) is 0.515. The highest BCUT2D eigenvalue weighted by Gasteiger charge is 2.38. The highest BCUT2D eigenvalue weighted by Crippen LogP contribution is 2.35. The Morgan fingerprint density at radius 1 is 1.29 bits per heavy atom. The summed E-state index contributed by atoms with van der Waals surface area (Å²) < 4.78 is 46.4. The third kappa shape index (κ3) is 5.16. The Kier molecular flexibility index (Phi) is 6.53. The van der Waals surface area contributed by atoms with E-state index in [-0.39, 0.29) is 28.1 Å². The summed E-state index contributed by atoms with van der Waals surface area (Å²) >= 11 is 2.86. The molecule has 31 heavy (non-hydrogen) atoms. The van der Waals surface area contributed by atoms with Crippen LogP contribution in [0.1, 0.15) is 34.6 Å². The van der Waals surface area contributed by atoms with E-state index in [0.717, 1.165) is 4.68 Å². The lowest BCUT2D eigenvalue weighted by Gasteiger charge is -2.07. The van der Waals surface area contributed by atoms with Crippen molar-refractivity contribution in [3.8, 4) is 0 Å². The molecule has 0 saturated heterocycles. The minimum Gasteiger partial charge on any atom is -0.467 e. The minimum atomic E-state index is -4.66. The van der Waals surface area contributed by atoms with Crippen LogP contribution in [0.25, 0.3) is 0 Å². The van der Waals surface area contributed by atoms with E-state index in [1.54, 1.807) is 19.1 Å². The van der Waals surface area contributed by atoms with E-state index in [4.69, 9.17) is 4.42 Å². The predicted molar refractivity (Wildman–Crippen MR) is 106 cm³/mol. The van der Waals surface area contributed by atoms with Gasteiger partial charge in [-0.2, -0.15) is 23.4 Å². The highest BCUT2D eigenvalue weighted by atomic mass is 79.9. The molecule has 3 aromatic heterocycles. The number of carbonyl (C=O) groups is 2. The van der Waals surface area contributed by atoms with E-state index in [9.17, 15) is 22.8 Å². The summed E-state index contributed by atoms with van der Waals surface area (Å²) in [6.45, 7) is 3.29. The number of hydrogen-bond donors (Lipinski definition) is 2. The Morgan fingerprint density at radius 2 is 2.03 bits per heavy atom. The number of nitrogens with one attached hydrogen (secondary N) is 2. The topological polar surface area (TPSA) is 107 Å². The van der Waals surface area contributed by atoms with Gasteiger partial charge in [-0.3, -0.25) is 19.0 Å². The van der Waals surface area contributed by atoms with Gasteiger partial charge in [-0.25, -0.2) is 0 Å². The molecule has 0 aliphatic carbocycles. The first-order valence-electron chi connectivity index (χ1n) is 9.08. The lowest BCUT2D eigenvalue weighted by molar-refractivity contribution is -0.142. The molecular weight excluding hydrogens is 485 g/mol. The Hall–Kier alpha value is -3.09. The van der Waals surface area contributed by atoms with Crippen LogP contribution in [0.3, 0.4) is 0 Å². The summed E-state index contributed by atoms with van der Waals surface area (Å²) in [5.41, 5.74) is -0.877. The third-order valence-corrected chi connectivity index (χ3v) is 5.22. The van der Waals surface area contributed by atoms with Gasteiger partial charge in [0.2, 0.25) is 5.91 Å². The van der Waals surface area contributed by atoms with Crippen LogP contribution in [0.2, 0.25) is 0 Å². The van der Waals surface area contributed by atoms with E-state index >= 15 is 0 Å². The number of hydrogen-bond acceptors (Lipinski definition) is 5. The van der Waals surface area contributed by atoms with Gasteiger partial charge in [-0.15, -0.1) is 0 Å². The molecule has 0 aliphatic heterocycles. The number of halogens is 4. The number of carbonyl (C=O) groups excluding carboxylic acids is 2. The molecule has 3 heterocycles. The molecule has 9 nitrogen and oxygen atoms in total. The average Bonchev–Trinajstić information content (AvgIpc) is 3.42. The second-order valence-corrected chi connectivity index (χ2v) is 7.25. The zero-order chi connectivity index (χ0) is 22.8. The average molecular weight is 503 g/mol. The van der Waals surface area contributed by atoms with Crippen molar-refractivity contribution in [2.24, 2.45) is 0 Å². The molecule has 0 aliphatic rings. The van der Waals surface area contributed by atoms with Crippen LogP contribution in [0, 0.1) is 6.92 Å². The molecule has 0 radical (unpaired) electrons.